The van der Waals surface area contributed by atoms with Gasteiger partial charge in [-0.15, -0.1) is 0 Å². The van der Waals surface area contributed by atoms with Gasteiger partial charge in [-0.1, -0.05) is 31.2 Å². The molecule has 1 nitrogen and oxygen atoms in total. The van der Waals surface area contributed by atoms with Crippen molar-refractivity contribution in [1.82, 2.24) is 0 Å². The first-order chi connectivity index (χ1) is 6.13. The molecule has 2 rings (SSSR count). The Morgan fingerprint density at radius 2 is 1.92 bits per heavy atom. The summed E-state index contributed by atoms with van der Waals surface area (Å²) in [6.45, 7) is 4.42. The summed E-state index contributed by atoms with van der Waals surface area (Å²) in [6.07, 6.45) is 2.56. The maximum Gasteiger partial charge on any atom is 0.0352 e. The molecule has 0 saturated heterocycles. The first kappa shape index (κ1) is 8.76. The zero-order valence-corrected chi connectivity index (χ0v) is 8.38. The van der Waals surface area contributed by atoms with Crippen LogP contribution in [0.5, 0.6) is 0 Å². The monoisotopic (exact) mass is 175 g/mol. The molecule has 0 aromatic heterocycles. The van der Waals surface area contributed by atoms with Gasteiger partial charge in [0, 0.05) is 6.04 Å². The molecule has 0 heterocycles. The van der Waals surface area contributed by atoms with Gasteiger partial charge in [-0.25, -0.2) is 0 Å². The van der Waals surface area contributed by atoms with Crippen molar-refractivity contribution in [3.63, 3.8) is 0 Å². The number of hydrogen-bond donors (Lipinski definition) is 1. The van der Waals surface area contributed by atoms with E-state index in [0.717, 1.165) is 0 Å². The summed E-state index contributed by atoms with van der Waals surface area (Å²) in [6, 6.07) is 8.67. The zero-order valence-electron chi connectivity index (χ0n) is 8.38. The van der Waals surface area contributed by atoms with E-state index in [1.807, 2.05) is 0 Å². The van der Waals surface area contributed by atoms with E-state index in [1.165, 1.54) is 24.0 Å². The van der Waals surface area contributed by atoms with Crippen LogP contribution in [0.4, 0.5) is 0 Å². The van der Waals surface area contributed by atoms with Gasteiger partial charge in [-0.2, -0.15) is 0 Å². The van der Waals surface area contributed by atoms with Gasteiger partial charge >= 0.3 is 0 Å². The summed E-state index contributed by atoms with van der Waals surface area (Å²) in [5.74, 6) is 0. The van der Waals surface area contributed by atoms with Gasteiger partial charge in [-0.3, -0.25) is 0 Å². The van der Waals surface area contributed by atoms with Gasteiger partial charge in [0.1, 0.15) is 0 Å². The van der Waals surface area contributed by atoms with Crippen LogP contribution in [0.15, 0.2) is 24.3 Å². The lowest BCUT2D eigenvalue weighted by Crippen LogP contribution is -2.20. The summed E-state index contributed by atoms with van der Waals surface area (Å²) in [7, 11) is 0. The third kappa shape index (κ3) is 1.49. The lowest BCUT2D eigenvalue weighted by molar-refractivity contribution is 0.449. The number of benzene rings is 1. The minimum Gasteiger partial charge on any atom is -0.323 e. The fourth-order valence-electron chi connectivity index (χ4n) is 1.82. The molecule has 0 spiro atoms. The smallest absolute Gasteiger partial charge is 0.0352 e. The SMILES string of the molecule is Cc1ccccc1C(N)C1(C)CC1. The third-order valence-electron chi connectivity index (χ3n) is 3.31. The summed E-state index contributed by atoms with van der Waals surface area (Å²) >= 11 is 0. The molecule has 0 radical (unpaired) electrons. The molecule has 1 fully saturated rings. The molecule has 1 aliphatic carbocycles. The molecule has 1 unspecified atom stereocenters. The van der Waals surface area contributed by atoms with E-state index in [9.17, 15) is 0 Å². The van der Waals surface area contributed by atoms with Crippen molar-refractivity contribution in [3.8, 4) is 0 Å². The third-order valence-corrected chi connectivity index (χ3v) is 3.31. The maximum atomic E-state index is 6.24. The Morgan fingerprint density at radius 3 is 2.46 bits per heavy atom. The molecule has 1 aliphatic rings. The van der Waals surface area contributed by atoms with Crippen LogP contribution in [0.1, 0.15) is 36.9 Å². The Morgan fingerprint density at radius 1 is 1.31 bits per heavy atom. The first-order valence-corrected chi connectivity index (χ1v) is 4.95. The Labute approximate surface area is 80.0 Å². The summed E-state index contributed by atoms with van der Waals surface area (Å²) in [4.78, 5) is 0. The molecule has 1 heteroatoms. The van der Waals surface area contributed by atoms with Crippen LogP contribution in [0.2, 0.25) is 0 Å². The highest BCUT2D eigenvalue weighted by atomic mass is 14.7. The van der Waals surface area contributed by atoms with Crippen LogP contribution >= 0.6 is 0 Å². The standard InChI is InChI=1S/C12H17N/c1-9-5-3-4-6-10(9)11(13)12(2)7-8-12/h3-6,11H,7-8,13H2,1-2H3. The first-order valence-electron chi connectivity index (χ1n) is 4.95. The summed E-state index contributed by atoms with van der Waals surface area (Å²) in [5.41, 5.74) is 9.26. The van der Waals surface area contributed by atoms with Gasteiger partial charge in [0.2, 0.25) is 0 Å². The van der Waals surface area contributed by atoms with Crippen LogP contribution < -0.4 is 5.73 Å². The van der Waals surface area contributed by atoms with E-state index in [2.05, 4.69) is 38.1 Å². The molecule has 0 aliphatic heterocycles. The van der Waals surface area contributed by atoms with Gasteiger partial charge in [0.05, 0.1) is 0 Å². The summed E-state index contributed by atoms with van der Waals surface area (Å²) in [5, 5.41) is 0. The fraction of sp³-hybridized carbons (Fsp3) is 0.500. The number of hydrogen-bond acceptors (Lipinski definition) is 1. The number of aryl methyl sites for hydroxylation is 1. The highest BCUT2D eigenvalue weighted by molar-refractivity contribution is 5.31. The van der Waals surface area contributed by atoms with Gasteiger partial charge in [0.15, 0.2) is 0 Å². The molecule has 0 amide bonds. The average molecular weight is 175 g/mol. The van der Waals surface area contributed by atoms with Crippen molar-refractivity contribution < 1.29 is 0 Å². The lowest BCUT2D eigenvalue weighted by Gasteiger charge is -2.20. The number of rotatable bonds is 2. The average Bonchev–Trinajstić information content (AvgIpc) is 2.85. The van der Waals surface area contributed by atoms with Crippen LogP contribution in [0.25, 0.3) is 0 Å². The van der Waals surface area contributed by atoms with E-state index in [0.29, 0.717) is 5.41 Å². The van der Waals surface area contributed by atoms with Crippen molar-refractivity contribution in [2.24, 2.45) is 11.1 Å². The molecule has 70 valence electrons. The van der Waals surface area contributed by atoms with E-state index in [-0.39, 0.29) is 6.04 Å². The second-order valence-electron chi connectivity index (χ2n) is 4.49. The van der Waals surface area contributed by atoms with Crippen molar-refractivity contribution in [2.75, 3.05) is 0 Å². The van der Waals surface area contributed by atoms with Crippen molar-refractivity contribution in [1.29, 1.82) is 0 Å². The predicted molar refractivity (Wildman–Crippen MR) is 55.4 cm³/mol. The Hall–Kier alpha value is -0.820. The minimum atomic E-state index is 0.230. The summed E-state index contributed by atoms with van der Waals surface area (Å²) < 4.78 is 0. The lowest BCUT2D eigenvalue weighted by atomic mass is 9.90. The molecule has 1 aromatic rings. The molecular weight excluding hydrogens is 158 g/mol. The van der Waals surface area contributed by atoms with Crippen LogP contribution in [-0.4, -0.2) is 0 Å². The quantitative estimate of drug-likeness (QED) is 0.735. The van der Waals surface area contributed by atoms with Gasteiger partial charge in [0.25, 0.3) is 0 Å². The van der Waals surface area contributed by atoms with Crippen LogP contribution in [-0.2, 0) is 0 Å². The van der Waals surface area contributed by atoms with E-state index >= 15 is 0 Å². The van der Waals surface area contributed by atoms with E-state index in [1.54, 1.807) is 0 Å². The van der Waals surface area contributed by atoms with E-state index in [4.69, 9.17) is 5.73 Å². The second kappa shape index (κ2) is 2.85. The zero-order chi connectivity index (χ0) is 9.47. The van der Waals surface area contributed by atoms with Crippen LogP contribution in [0.3, 0.4) is 0 Å². The highest BCUT2D eigenvalue weighted by Crippen LogP contribution is 2.53. The van der Waals surface area contributed by atoms with Crippen molar-refractivity contribution >= 4 is 0 Å². The molecule has 0 bridgehead atoms. The molecular formula is C12H17N. The van der Waals surface area contributed by atoms with Crippen molar-refractivity contribution in [3.05, 3.63) is 35.4 Å². The molecule has 13 heavy (non-hydrogen) atoms. The normalized spacial score (nSPS) is 21.2. The molecule has 1 aromatic carbocycles. The Bertz CT molecular complexity index is 313. The molecule has 2 N–H and O–H groups in total. The Kier molecular flexibility index (Phi) is 1.92. The van der Waals surface area contributed by atoms with Crippen molar-refractivity contribution in [2.45, 2.75) is 32.7 Å². The fourth-order valence-corrected chi connectivity index (χ4v) is 1.82. The van der Waals surface area contributed by atoms with Gasteiger partial charge < -0.3 is 5.73 Å². The number of nitrogens with two attached hydrogens (primary N) is 1. The maximum absolute atomic E-state index is 6.24. The minimum absolute atomic E-state index is 0.230. The topological polar surface area (TPSA) is 26.0 Å². The molecule has 1 saturated carbocycles. The van der Waals surface area contributed by atoms with Crippen LogP contribution in [0, 0.1) is 12.3 Å². The molecule has 1 atom stereocenters. The highest BCUT2D eigenvalue weighted by Gasteiger charge is 2.43. The largest absolute Gasteiger partial charge is 0.323 e. The Balaban J connectivity index is 2.30. The van der Waals surface area contributed by atoms with Gasteiger partial charge in [-0.05, 0) is 36.3 Å². The second-order valence-corrected chi connectivity index (χ2v) is 4.49. The predicted octanol–water partition coefficient (Wildman–Crippen LogP) is 2.79. The van der Waals surface area contributed by atoms with E-state index < -0.39 is 0 Å².